The van der Waals surface area contributed by atoms with Gasteiger partial charge in [0.05, 0.1) is 5.71 Å². The lowest BCUT2D eigenvalue weighted by atomic mass is 10.0. The molecule has 7 heteroatoms. The third kappa shape index (κ3) is 2.84. The van der Waals surface area contributed by atoms with E-state index in [1.807, 2.05) is 42.3 Å². The van der Waals surface area contributed by atoms with E-state index < -0.39 is 0 Å². The summed E-state index contributed by atoms with van der Waals surface area (Å²) in [6, 6.07) is 9.85. The summed E-state index contributed by atoms with van der Waals surface area (Å²) in [5.74, 6) is 0.997. The molecule has 1 atom stereocenters. The molecule has 0 fully saturated rings. The summed E-state index contributed by atoms with van der Waals surface area (Å²) in [5, 5.41) is 4.09. The second-order valence-electron chi connectivity index (χ2n) is 5.08. The molecule has 3 rings (SSSR count). The normalized spacial score (nSPS) is 17.0. The van der Waals surface area contributed by atoms with Crippen LogP contribution in [0.1, 0.15) is 12.0 Å². The number of benzene rings is 1. The molecule has 7 nitrogen and oxygen atoms in total. The highest BCUT2D eigenvalue weighted by atomic mass is 16.6. The molecule has 2 aromatic rings. The minimum Gasteiger partial charge on any atom is -0.390 e. The van der Waals surface area contributed by atoms with Crippen LogP contribution < -0.4 is 16.4 Å². The van der Waals surface area contributed by atoms with Crippen molar-refractivity contribution in [1.82, 2.24) is 9.97 Å². The van der Waals surface area contributed by atoms with Crippen LogP contribution in [0.5, 0.6) is 0 Å². The fraction of sp³-hybridized carbons (Fsp3) is 0.267. The summed E-state index contributed by atoms with van der Waals surface area (Å²) in [7, 11) is 1.93. The molecule has 0 aliphatic carbocycles. The smallest absolute Gasteiger partial charge is 0.221 e. The van der Waals surface area contributed by atoms with Crippen LogP contribution >= 0.6 is 0 Å². The number of anilines is 3. The SMILES string of the molecule is CN(c1ccc(C2=NOC(CN)C2)cc1)c1ccnc(N)n1. The Morgan fingerprint density at radius 2 is 2.05 bits per heavy atom. The van der Waals surface area contributed by atoms with Crippen molar-refractivity contribution in [3.05, 3.63) is 42.1 Å². The van der Waals surface area contributed by atoms with Crippen molar-refractivity contribution in [3.63, 3.8) is 0 Å². The molecule has 1 aliphatic heterocycles. The van der Waals surface area contributed by atoms with Gasteiger partial charge in [-0.25, -0.2) is 4.98 Å². The van der Waals surface area contributed by atoms with Crippen molar-refractivity contribution in [3.8, 4) is 0 Å². The van der Waals surface area contributed by atoms with E-state index in [-0.39, 0.29) is 12.1 Å². The molecule has 1 aromatic heterocycles. The Morgan fingerprint density at radius 3 is 2.68 bits per heavy atom. The van der Waals surface area contributed by atoms with E-state index >= 15 is 0 Å². The van der Waals surface area contributed by atoms with Crippen LogP contribution in [0.15, 0.2) is 41.7 Å². The van der Waals surface area contributed by atoms with Gasteiger partial charge >= 0.3 is 0 Å². The van der Waals surface area contributed by atoms with Gasteiger partial charge in [0, 0.05) is 31.9 Å². The van der Waals surface area contributed by atoms with Crippen LogP contribution in [0.3, 0.4) is 0 Å². The van der Waals surface area contributed by atoms with Crippen LogP contribution in [0.2, 0.25) is 0 Å². The maximum absolute atomic E-state index is 5.62. The van der Waals surface area contributed by atoms with Crippen molar-refractivity contribution in [2.45, 2.75) is 12.5 Å². The molecule has 4 N–H and O–H groups in total. The van der Waals surface area contributed by atoms with Crippen LogP contribution in [0.25, 0.3) is 0 Å². The van der Waals surface area contributed by atoms with Crippen molar-refractivity contribution in [2.75, 3.05) is 24.2 Å². The topological polar surface area (TPSA) is 103 Å². The van der Waals surface area contributed by atoms with Crippen LogP contribution in [-0.2, 0) is 4.84 Å². The average Bonchev–Trinajstić information content (AvgIpc) is 3.03. The molecule has 22 heavy (non-hydrogen) atoms. The fourth-order valence-corrected chi connectivity index (χ4v) is 2.29. The number of hydrogen-bond acceptors (Lipinski definition) is 7. The summed E-state index contributed by atoms with van der Waals surface area (Å²) in [5.41, 5.74) is 14.2. The van der Waals surface area contributed by atoms with Gasteiger partial charge in [-0.2, -0.15) is 4.98 Å². The first-order valence-corrected chi connectivity index (χ1v) is 7.03. The lowest BCUT2D eigenvalue weighted by Crippen LogP contribution is -2.20. The molecular formula is C15H18N6O. The Hall–Kier alpha value is -2.67. The summed E-state index contributed by atoms with van der Waals surface area (Å²) in [4.78, 5) is 15.3. The summed E-state index contributed by atoms with van der Waals surface area (Å²) in [6.45, 7) is 0.475. The lowest BCUT2D eigenvalue weighted by Gasteiger charge is -2.18. The molecule has 114 valence electrons. The Balaban J connectivity index is 1.77. The van der Waals surface area contributed by atoms with E-state index in [0.29, 0.717) is 6.54 Å². The van der Waals surface area contributed by atoms with Gasteiger partial charge < -0.3 is 21.2 Å². The molecule has 0 amide bonds. The van der Waals surface area contributed by atoms with Crippen molar-refractivity contribution >= 4 is 23.2 Å². The third-order valence-electron chi connectivity index (χ3n) is 3.59. The number of aromatic nitrogens is 2. The zero-order valence-corrected chi connectivity index (χ0v) is 12.3. The molecule has 1 aromatic carbocycles. The average molecular weight is 298 g/mol. The zero-order chi connectivity index (χ0) is 15.5. The van der Waals surface area contributed by atoms with E-state index in [1.54, 1.807) is 6.20 Å². The molecule has 0 saturated carbocycles. The largest absolute Gasteiger partial charge is 0.390 e. The number of oxime groups is 1. The van der Waals surface area contributed by atoms with E-state index in [1.165, 1.54) is 0 Å². The van der Waals surface area contributed by atoms with Crippen LogP contribution in [-0.4, -0.2) is 35.4 Å². The number of nitrogen functional groups attached to an aromatic ring is 1. The third-order valence-corrected chi connectivity index (χ3v) is 3.59. The van der Waals surface area contributed by atoms with Gasteiger partial charge in [-0.3, -0.25) is 0 Å². The number of nitrogens with two attached hydrogens (primary N) is 2. The second kappa shape index (κ2) is 5.98. The second-order valence-corrected chi connectivity index (χ2v) is 5.08. The Kier molecular flexibility index (Phi) is 3.88. The molecular weight excluding hydrogens is 280 g/mol. The molecule has 0 bridgehead atoms. The Labute approximate surface area is 128 Å². The maximum atomic E-state index is 5.62. The molecule has 0 radical (unpaired) electrons. The molecule has 1 aliphatic rings. The lowest BCUT2D eigenvalue weighted by molar-refractivity contribution is 0.0918. The number of hydrogen-bond donors (Lipinski definition) is 2. The Bertz CT molecular complexity index is 685. The van der Waals surface area contributed by atoms with Crippen LogP contribution in [0, 0.1) is 0 Å². The van der Waals surface area contributed by atoms with E-state index in [9.17, 15) is 0 Å². The first-order valence-electron chi connectivity index (χ1n) is 7.03. The fourth-order valence-electron chi connectivity index (χ4n) is 2.29. The number of nitrogens with zero attached hydrogens (tertiary/aromatic N) is 4. The summed E-state index contributed by atoms with van der Waals surface area (Å²) in [6.07, 6.45) is 2.37. The van der Waals surface area contributed by atoms with Crippen molar-refractivity contribution in [1.29, 1.82) is 0 Å². The van der Waals surface area contributed by atoms with Gasteiger partial charge in [-0.1, -0.05) is 17.3 Å². The van der Waals surface area contributed by atoms with E-state index in [2.05, 4.69) is 15.1 Å². The zero-order valence-electron chi connectivity index (χ0n) is 12.3. The molecule has 0 spiro atoms. The maximum Gasteiger partial charge on any atom is 0.221 e. The van der Waals surface area contributed by atoms with Gasteiger partial charge in [0.1, 0.15) is 11.9 Å². The summed E-state index contributed by atoms with van der Waals surface area (Å²) < 4.78 is 0. The van der Waals surface area contributed by atoms with Crippen molar-refractivity contribution < 1.29 is 4.84 Å². The summed E-state index contributed by atoms with van der Waals surface area (Å²) >= 11 is 0. The van der Waals surface area contributed by atoms with Gasteiger partial charge in [0.25, 0.3) is 0 Å². The highest BCUT2D eigenvalue weighted by molar-refractivity contribution is 6.01. The highest BCUT2D eigenvalue weighted by Gasteiger charge is 2.20. The van der Waals surface area contributed by atoms with Gasteiger partial charge in [-0.15, -0.1) is 0 Å². The van der Waals surface area contributed by atoms with Gasteiger partial charge in [0.2, 0.25) is 5.95 Å². The Morgan fingerprint density at radius 1 is 1.27 bits per heavy atom. The minimum absolute atomic E-state index is 0.0126. The molecule has 0 saturated heterocycles. The molecule has 2 heterocycles. The van der Waals surface area contributed by atoms with Gasteiger partial charge in [-0.05, 0) is 23.8 Å². The van der Waals surface area contributed by atoms with E-state index in [0.717, 1.165) is 29.2 Å². The monoisotopic (exact) mass is 298 g/mol. The predicted octanol–water partition coefficient (Wildman–Crippen LogP) is 1.28. The first-order chi connectivity index (χ1) is 10.7. The number of rotatable bonds is 4. The van der Waals surface area contributed by atoms with Gasteiger partial charge in [0.15, 0.2) is 0 Å². The first kappa shape index (κ1) is 14.3. The predicted molar refractivity (Wildman–Crippen MR) is 86.0 cm³/mol. The van der Waals surface area contributed by atoms with E-state index in [4.69, 9.17) is 16.3 Å². The highest BCUT2D eigenvalue weighted by Crippen LogP contribution is 2.23. The standard InChI is InChI=1S/C15H18N6O/c1-21(14-6-7-18-15(17)19-14)11-4-2-10(3-5-11)13-8-12(9-16)22-20-13/h2-7,12H,8-9,16H2,1H3,(H2,17,18,19). The quantitative estimate of drug-likeness (QED) is 0.881. The molecule has 1 unspecified atom stereocenters. The van der Waals surface area contributed by atoms with Crippen molar-refractivity contribution in [2.24, 2.45) is 10.9 Å². The van der Waals surface area contributed by atoms with Crippen LogP contribution in [0.4, 0.5) is 17.5 Å². The minimum atomic E-state index is -0.0126.